The monoisotopic (exact) mass is 335 g/mol. The average molecular weight is 336 g/mol. The zero-order valence-electron chi connectivity index (χ0n) is 10.8. The molecule has 3 rings (SSSR count). The summed E-state index contributed by atoms with van der Waals surface area (Å²) in [6.07, 6.45) is 10.1. The van der Waals surface area contributed by atoms with E-state index in [0.717, 1.165) is 42.0 Å². The first-order valence-electron chi connectivity index (χ1n) is 6.35. The number of rotatable bonds is 6. The fraction of sp³-hybridized carbons (Fsp3) is 0.333. The minimum atomic E-state index is 0.773. The first kappa shape index (κ1) is 13.2. The van der Waals surface area contributed by atoms with Gasteiger partial charge < -0.3 is 5.32 Å². The summed E-state index contributed by atoms with van der Waals surface area (Å²) in [7, 11) is 0. The molecule has 3 aromatic rings. The number of nitrogens with one attached hydrogen (secondary N) is 1. The summed E-state index contributed by atoms with van der Waals surface area (Å²) >= 11 is 3.37. The lowest BCUT2D eigenvalue weighted by Crippen LogP contribution is -2.17. The minimum absolute atomic E-state index is 0.773. The SMILES string of the molecule is Brc1cn2c(CNCCCn3ccnn3)cnc2cn1. The van der Waals surface area contributed by atoms with Crippen LogP contribution in [-0.2, 0) is 13.1 Å². The van der Waals surface area contributed by atoms with Crippen LogP contribution in [0.3, 0.4) is 0 Å². The van der Waals surface area contributed by atoms with Crippen molar-refractivity contribution in [2.45, 2.75) is 19.5 Å². The van der Waals surface area contributed by atoms with Crippen LogP contribution >= 0.6 is 15.9 Å². The lowest BCUT2D eigenvalue weighted by Gasteiger charge is -2.05. The number of imidazole rings is 1. The quantitative estimate of drug-likeness (QED) is 0.686. The minimum Gasteiger partial charge on any atom is -0.311 e. The summed E-state index contributed by atoms with van der Waals surface area (Å²) in [6.45, 7) is 2.56. The van der Waals surface area contributed by atoms with Gasteiger partial charge in [-0.1, -0.05) is 5.21 Å². The number of hydrogen-bond acceptors (Lipinski definition) is 5. The van der Waals surface area contributed by atoms with Crippen molar-refractivity contribution < 1.29 is 0 Å². The van der Waals surface area contributed by atoms with Crippen molar-refractivity contribution in [3.05, 3.63) is 41.3 Å². The summed E-state index contributed by atoms with van der Waals surface area (Å²) in [4.78, 5) is 8.47. The molecule has 0 aliphatic rings. The van der Waals surface area contributed by atoms with Crippen LogP contribution in [0.25, 0.3) is 5.65 Å². The first-order valence-corrected chi connectivity index (χ1v) is 7.14. The van der Waals surface area contributed by atoms with E-state index in [1.54, 1.807) is 12.4 Å². The molecule has 0 saturated heterocycles. The summed E-state index contributed by atoms with van der Waals surface area (Å²) in [6, 6.07) is 0. The van der Waals surface area contributed by atoms with E-state index in [1.807, 2.05) is 27.7 Å². The second-order valence-corrected chi connectivity index (χ2v) is 5.20. The van der Waals surface area contributed by atoms with Gasteiger partial charge in [0, 0.05) is 25.5 Å². The number of hydrogen-bond donors (Lipinski definition) is 1. The third kappa shape index (κ3) is 3.02. The summed E-state index contributed by atoms with van der Waals surface area (Å²) in [5, 5.41) is 11.1. The van der Waals surface area contributed by atoms with Crippen LogP contribution in [0, 0.1) is 0 Å². The topological polar surface area (TPSA) is 72.9 Å². The van der Waals surface area contributed by atoms with E-state index in [0.29, 0.717) is 0 Å². The molecule has 0 unspecified atom stereocenters. The molecule has 0 aromatic carbocycles. The zero-order valence-corrected chi connectivity index (χ0v) is 12.4. The molecule has 0 radical (unpaired) electrons. The lowest BCUT2D eigenvalue weighted by atomic mass is 10.4. The molecule has 7 nitrogen and oxygen atoms in total. The Morgan fingerprint density at radius 1 is 1.25 bits per heavy atom. The average Bonchev–Trinajstić information content (AvgIpc) is 3.08. The van der Waals surface area contributed by atoms with Gasteiger partial charge in [0.25, 0.3) is 0 Å². The van der Waals surface area contributed by atoms with Gasteiger partial charge in [-0.25, -0.2) is 9.97 Å². The molecular formula is C12H14BrN7. The molecule has 0 spiro atoms. The normalized spacial score (nSPS) is 11.2. The predicted molar refractivity (Wildman–Crippen MR) is 77.0 cm³/mol. The number of fused-ring (bicyclic) bond motifs is 1. The molecule has 0 aliphatic carbocycles. The fourth-order valence-corrected chi connectivity index (χ4v) is 2.29. The van der Waals surface area contributed by atoms with Crippen LogP contribution in [0.1, 0.15) is 12.1 Å². The zero-order chi connectivity index (χ0) is 13.8. The Balaban J connectivity index is 1.51. The van der Waals surface area contributed by atoms with Crippen LogP contribution in [0.15, 0.2) is 35.6 Å². The van der Waals surface area contributed by atoms with Crippen molar-refractivity contribution in [3.8, 4) is 0 Å². The predicted octanol–water partition coefficient (Wildman–Crippen LogP) is 1.26. The van der Waals surface area contributed by atoms with Gasteiger partial charge in [0.15, 0.2) is 5.65 Å². The van der Waals surface area contributed by atoms with Crippen LogP contribution in [-0.4, -0.2) is 35.9 Å². The van der Waals surface area contributed by atoms with E-state index in [4.69, 9.17) is 0 Å². The van der Waals surface area contributed by atoms with E-state index in [9.17, 15) is 0 Å². The van der Waals surface area contributed by atoms with Gasteiger partial charge in [-0.05, 0) is 28.9 Å². The molecule has 1 N–H and O–H groups in total. The molecule has 0 amide bonds. The lowest BCUT2D eigenvalue weighted by molar-refractivity contribution is 0.528. The molecule has 0 atom stereocenters. The van der Waals surface area contributed by atoms with Gasteiger partial charge in [0.2, 0.25) is 0 Å². The molecular weight excluding hydrogens is 322 g/mol. The van der Waals surface area contributed by atoms with Crippen molar-refractivity contribution in [2.75, 3.05) is 6.54 Å². The van der Waals surface area contributed by atoms with Crippen molar-refractivity contribution in [3.63, 3.8) is 0 Å². The van der Waals surface area contributed by atoms with Gasteiger partial charge in [0.05, 0.1) is 24.3 Å². The van der Waals surface area contributed by atoms with E-state index in [1.165, 1.54) is 0 Å². The Hall–Kier alpha value is -1.80. The highest BCUT2D eigenvalue weighted by Crippen LogP contribution is 2.10. The second-order valence-electron chi connectivity index (χ2n) is 4.38. The van der Waals surface area contributed by atoms with Crippen molar-refractivity contribution >= 4 is 21.6 Å². The Morgan fingerprint density at radius 2 is 2.20 bits per heavy atom. The Morgan fingerprint density at radius 3 is 3.05 bits per heavy atom. The van der Waals surface area contributed by atoms with Crippen LogP contribution in [0.5, 0.6) is 0 Å². The smallest absolute Gasteiger partial charge is 0.155 e. The molecule has 3 aromatic heterocycles. The molecule has 0 bridgehead atoms. The Kier molecular flexibility index (Phi) is 4.03. The van der Waals surface area contributed by atoms with Gasteiger partial charge in [-0.3, -0.25) is 9.08 Å². The molecule has 0 fully saturated rings. The van der Waals surface area contributed by atoms with Crippen LogP contribution in [0.4, 0.5) is 0 Å². The Bertz CT molecular complexity index is 676. The van der Waals surface area contributed by atoms with Crippen LogP contribution in [0.2, 0.25) is 0 Å². The maximum Gasteiger partial charge on any atom is 0.155 e. The highest BCUT2D eigenvalue weighted by atomic mass is 79.9. The Labute approximate surface area is 124 Å². The second kappa shape index (κ2) is 6.10. The molecule has 8 heteroatoms. The van der Waals surface area contributed by atoms with E-state index in [-0.39, 0.29) is 0 Å². The first-order chi connectivity index (χ1) is 9.83. The van der Waals surface area contributed by atoms with Crippen LogP contribution < -0.4 is 5.32 Å². The fourth-order valence-electron chi connectivity index (χ4n) is 1.98. The standard InChI is InChI=1S/C12H14BrN7/c13-11-9-20-10(7-16-12(20)8-15-11)6-14-2-1-4-19-5-3-17-18-19/h3,5,7-9,14H,1-2,4,6H2. The number of aromatic nitrogens is 6. The third-order valence-electron chi connectivity index (χ3n) is 2.96. The molecule has 104 valence electrons. The maximum absolute atomic E-state index is 4.32. The molecule has 0 saturated carbocycles. The summed E-state index contributed by atoms with van der Waals surface area (Å²) < 4.78 is 4.66. The number of halogens is 1. The van der Waals surface area contributed by atoms with E-state index in [2.05, 4.69) is 41.5 Å². The van der Waals surface area contributed by atoms with Gasteiger partial charge in [0.1, 0.15) is 4.60 Å². The van der Waals surface area contributed by atoms with Gasteiger partial charge >= 0.3 is 0 Å². The van der Waals surface area contributed by atoms with Gasteiger partial charge in [-0.15, -0.1) is 5.10 Å². The summed E-state index contributed by atoms with van der Waals surface area (Å²) in [5.41, 5.74) is 1.97. The number of nitrogens with zero attached hydrogens (tertiary/aromatic N) is 6. The van der Waals surface area contributed by atoms with E-state index >= 15 is 0 Å². The highest BCUT2D eigenvalue weighted by molar-refractivity contribution is 9.10. The largest absolute Gasteiger partial charge is 0.311 e. The molecule has 20 heavy (non-hydrogen) atoms. The van der Waals surface area contributed by atoms with Crippen molar-refractivity contribution in [1.82, 2.24) is 34.7 Å². The van der Waals surface area contributed by atoms with E-state index < -0.39 is 0 Å². The van der Waals surface area contributed by atoms with Crippen molar-refractivity contribution in [2.24, 2.45) is 0 Å². The molecule has 3 heterocycles. The third-order valence-corrected chi connectivity index (χ3v) is 3.37. The maximum atomic E-state index is 4.32. The number of aryl methyl sites for hydroxylation is 1. The molecule has 0 aliphatic heterocycles. The van der Waals surface area contributed by atoms with Crippen molar-refractivity contribution in [1.29, 1.82) is 0 Å². The highest BCUT2D eigenvalue weighted by Gasteiger charge is 2.03. The van der Waals surface area contributed by atoms with Gasteiger partial charge in [-0.2, -0.15) is 0 Å². The summed E-state index contributed by atoms with van der Waals surface area (Å²) in [5.74, 6) is 0.